The van der Waals surface area contributed by atoms with Crippen molar-refractivity contribution in [3.8, 4) is 0 Å². The molecule has 1 N–H and O–H groups in total. The van der Waals surface area contributed by atoms with Crippen LogP contribution in [-0.2, 0) is 4.74 Å². The van der Waals surface area contributed by atoms with Gasteiger partial charge in [-0.05, 0) is 63.8 Å². The number of nitrogens with one attached hydrogen (secondary N) is 1. The van der Waals surface area contributed by atoms with Crippen molar-refractivity contribution in [1.82, 2.24) is 5.32 Å². The van der Waals surface area contributed by atoms with Gasteiger partial charge in [-0.15, -0.1) is 0 Å². The van der Waals surface area contributed by atoms with Crippen LogP contribution < -0.4 is 5.32 Å². The molecule has 0 spiro atoms. The van der Waals surface area contributed by atoms with Gasteiger partial charge in [0.25, 0.3) is 0 Å². The number of halogens is 1. The van der Waals surface area contributed by atoms with Crippen molar-refractivity contribution in [2.45, 2.75) is 58.6 Å². The maximum atomic E-state index is 14.5. The summed E-state index contributed by atoms with van der Waals surface area (Å²) in [5.41, 5.74) is 2.44. The van der Waals surface area contributed by atoms with Crippen molar-refractivity contribution >= 4 is 0 Å². The summed E-state index contributed by atoms with van der Waals surface area (Å²) < 4.78 is 20.5. The third kappa shape index (κ3) is 3.04. The fourth-order valence-corrected chi connectivity index (χ4v) is 3.23. The number of rotatable bonds is 5. The Bertz CT molecular complexity index is 443. The molecule has 112 valence electrons. The molecule has 0 radical (unpaired) electrons. The van der Waals surface area contributed by atoms with Crippen LogP contribution >= 0.6 is 0 Å². The normalized spacial score (nSPS) is 24.1. The van der Waals surface area contributed by atoms with Crippen LogP contribution in [0, 0.1) is 19.7 Å². The third-order valence-corrected chi connectivity index (χ3v) is 4.23. The smallest absolute Gasteiger partial charge is 0.128 e. The molecule has 1 aromatic carbocycles. The molecular weight excluding hydrogens is 253 g/mol. The zero-order valence-electron chi connectivity index (χ0n) is 13.1. The molecule has 3 heteroatoms. The molecule has 0 aromatic heterocycles. The predicted molar refractivity (Wildman–Crippen MR) is 80.5 cm³/mol. The van der Waals surface area contributed by atoms with Gasteiger partial charge in [-0.25, -0.2) is 4.39 Å². The first-order valence-corrected chi connectivity index (χ1v) is 7.62. The van der Waals surface area contributed by atoms with E-state index in [-0.39, 0.29) is 17.5 Å². The van der Waals surface area contributed by atoms with Gasteiger partial charge in [0.15, 0.2) is 0 Å². The number of aryl methyl sites for hydroxylation is 2. The van der Waals surface area contributed by atoms with E-state index in [9.17, 15) is 4.39 Å². The summed E-state index contributed by atoms with van der Waals surface area (Å²) >= 11 is 0. The highest BCUT2D eigenvalue weighted by Crippen LogP contribution is 2.39. The Morgan fingerprint density at radius 1 is 1.40 bits per heavy atom. The molecule has 2 nitrogen and oxygen atoms in total. The molecule has 1 saturated heterocycles. The van der Waals surface area contributed by atoms with E-state index < -0.39 is 0 Å². The molecule has 1 aliphatic heterocycles. The summed E-state index contributed by atoms with van der Waals surface area (Å²) in [5, 5.41) is 3.50. The minimum atomic E-state index is -0.309. The molecule has 0 bridgehead atoms. The second-order valence-electron chi connectivity index (χ2n) is 6.13. The molecule has 1 heterocycles. The average Bonchev–Trinajstić information content (AvgIpc) is 2.80. The van der Waals surface area contributed by atoms with Crippen LogP contribution in [0.15, 0.2) is 12.1 Å². The van der Waals surface area contributed by atoms with E-state index in [1.165, 1.54) is 0 Å². The Morgan fingerprint density at radius 3 is 2.70 bits per heavy atom. The van der Waals surface area contributed by atoms with E-state index >= 15 is 0 Å². The van der Waals surface area contributed by atoms with Gasteiger partial charge in [-0.2, -0.15) is 0 Å². The molecule has 2 unspecified atom stereocenters. The van der Waals surface area contributed by atoms with Crippen molar-refractivity contribution in [2.24, 2.45) is 0 Å². The van der Waals surface area contributed by atoms with E-state index in [0.717, 1.165) is 49.1 Å². The molecule has 2 rings (SSSR count). The third-order valence-electron chi connectivity index (χ3n) is 4.23. The maximum absolute atomic E-state index is 14.5. The zero-order valence-corrected chi connectivity index (χ0v) is 13.1. The maximum Gasteiger partial charge on any atom is 0.128 e. The molecule has 0 saturated carbocycles. The van der Waals surface area contributed by atoms with Crippen molar-refractivity contribution in [1.29, 1.82) is 0 Å². The quantitative estimate of drug-likeness (QED) is 0.878. The summed E-state index contributed by atoms with van der Waals surface area (Å²) in [5.74, 6) is -0.118. The summed E-state index contributed by atoms with van der Waals surface area (Å²) in [6.45, 7) is 9.79. The van der Waals surface area contributed by atoms with Gasteiger partial charge in [-0.1, -0.05) is 13.0 Å². The first-order valence-electron chi connectivity index (χ1n) is 7.62. The van der Waals surface area contributed by atoms with Crippen LogP contribution in [0.3, 0.4) is 0 Å². The lowest BCUT2D eigenvalue weighted by atomic mass is 9.84. The van der Waals surface area contributed by atoms with Crippen LogP contribution in [0.4, 0.5) is 4.39 Å². The van der Waals surface area contributed by atoms with Crippen molar-refractivity contribution < 1.29 is 9.13 Å². The number of hydrogen-bond donors (Lipinski definition) is 1. The second kappa shape index (κ2) is 6.23. The topological polar surface area (TPSA) is 21.3 Å². The molecule has 2 atom stereocenters. The minimum Gasteiger partial charge on any atom is -0.373 e. The summed E-state index contributed by atoms with van der Waals surface area (Å²) in [6.07, 6.45) is 3.05. The summed E-state index contributed by atoms with van der Waals surface area (Å²) in [7, 11) is 0. The van der Waals surface area contributed by atoms with Gasteiger partial charge in [-0.3, -0.25) is 0 Å². The highest BCUT2D eigenvalue weighted by atomic mass is 19.1. The fraction of sp³-hybridized carbons (Fsp3) is 0.647. The largest absolute Gasteiger partial charge is 0.373 e. The van der Waals surface area contributed by atoms with Crippen molar-refractivity contribution in [2.75, 3.05) is 13.2 Å². The first kappa shape index (κ1) is 15.5. The molecule has 1 aliphatic rings. The fourth-order valence-electron chi connectivity index (χ4n) is 3.23. The minimum absolute atomic E-state index is 0.0782. The number of hydrogen-bond acceptors (Lipinski definition) is 2. The van der Waals surface area contributed by atoms with Crippen molar-refractivity contribution in [3.63, 3.8) is 0 Å². The van der Waals surface area contributed by atoms with Gasteiger partial charge in [0.05, 0.1) is 11.6 Å². The first-order chi connectivity index (χ1) is 9.48. The van der Waals surface area contributed by atoms with Crippen LogP contribution in [0.5, 0.6) is 0 Å². The predicted octanol–water partition coefficient (Wildman–Crippen LogP) is 4.05. The summed E-state index contributed by atoms with van der Waals surface area (Å²) in [4.78, 5) is 0. The molecule has 1 aromatic rings. The SMILES string of the molecule is CCCNC(c1c(C)cc(C)cc1F)C1(C)CCCO1. The van der Waals surface area contributed by atoms with Gasteiger partial charge in [0, 0.05) is 12.2 Å². The molecule has 0 aliphatic carbocycles. The Balaban J connectivity index is 2.41. The van der Waals surface area contributed by atoms with Gasteiger partial charge in [0.1, 0.15) is 5.82 Å². The van der Waals surface area contributed by atoms with E-state index in [1.54, 1.807) is 6.07 Å². The van der Waals surface area contributed by atoms with E-state index in [2.05, 4.69) is 25.2 Å². The lowest BCUT2D eigenvalue weighted by Crippen LogP contribution is -2.42. The zero-order chi connectivity index (χ0) is 14.8. The Kier molecular flexibility index (Phi) is 4.82. The van der Waals surface area contributed by atoms with Gasteiger partial charge >= 0.3 is 0 Å². The highest BCUT2D eigenvalue weighted by molar-refractivity contribution is 5.36. The molecular formula is C17H26FNO. The second-order valence-corrected chi connectivity index (χ2v) is 6.13. The monoisotopic (exact) mass is 279 g/mol. The van der Waals surface area contributed by atoms with Crippen LogP contribution in [0.25, 0.3) is 0 Å². The van der Waals surface area contributed by atoms with Crippen LogP contribution in [0.1, 0.15) is 55.8 Å². The van der Waals surface area contributed by atoms with Crippen LogP contribution in [0.2, 0.25) is 0 Å². The Morgan fingerprint density at radius 2 is 2.15 bits per heavy atom. The number of ether oxygens (including phenoxy) is 1. The molecule has 1 fully saturated rings. The van der Waals surface area contributed by atoms with Crippen LogP contribution in [-0.4, -0.2) is 18.8 Å². The Hall–Kier alpha value is -0.930. The standard InChI is InChI=1S/C17H26FNO/c1-5-8-19-16(17(4)7-6-9-20-17)15-13(3)10-12(2)11-14(15)18/h10-11,16,19H,5-9H2,1-4H3. The van der Waals surface area contributed by atoms with Gasteiger partial charge < -0.3 is 10.1 Å². The Labute approximate surface area is 121 Å². The van der Waals surface area contributed by atoms with E-state index in [0.29, 0.717) is 0 Å². The number of benzene rings is 1. The van der Waals surface area contributed by atoms with Gasteiger partial charge in [0.2, 0.25) is 0 Å². The average molecular weight is 279 g/mol. The van der Waals surface area contributed by atoms with Crippen molar-refractivity contribution in [3.05, 3.63) is 34.6 Å². The molecule has 0 amide bonds. The lowest BCUT2D eigenvalue weighted by molar-refractivity contribution is -0.0135. The lowest BCUT2D eigenvalue weighted by Gasteiger charge is -2.35. The molecule has 20 heavy (non-hydrogen) atoms. The summed E-state index contributed by atoms with van der Waals surface area (Å²) in [6, 6.07) is 3.60. The van der Waals surface area contributed by atoms with E-state index in [1.807, 2.05) is 13.8 Å². The highest BCUT2D eigenvalue weighted by Gasteiger charge is 2.40. The van der Waals surface area contributed by atoms with E-state index in [4.69, 9.17) is 4.74 Å².